The Kier molecular flexibility index (Phi) is 1.85. The number of nitrogens with one attached hydrogen (secondary N) is 1. The zero-order valence-electron chi connectivity index (χ0n) is 7.26. The van der Waals surface area contributed by atoms with Crippen molar-refractivity contribution in [1.82, 2.24) is 5.32 Å². The Balaban J connectivity index is 2.28. The van der Waals surface area contributed by atoms with Crippen molar-refractivity contribution in [3.63, 3.8) is 0 Å². The van der Waals surface area contributed by atoms with Gasteiger partial charge in [-0.2, -0.15) is 0 Å². The quantitative estimate of drug-likeness (QED) is 0.629. The highest BCUT2D eigenvalue weighted by molar-refractivity contribution is 5.86. The number of allylic oxidation sites excluding steroid dienone is 1. The molecule has 0 saturated heterocycles. The van der Waals surface area contributed by atoms with Gasteiger partial charge in [0.05, 0.1) is 6.04 Å². The van der Waals surface area contributed by atoms with Crippen LogP contribution < -0.4 is 5.32 Å². The largest absolute Gasteiger partial charge is 0.300 e. The van der Waals surface area contributed by atoms with Crippen molar-refractivity contribution >= 4 is 5.78 Å². The van der Waals surface area contributed by atoms with Crippen molar-refractivity contribution in [3.05, 3.63) is 23.3 Å². The average molecular weight is 163 g/mol. The standard InChI is InChI=1S/C10H13NO/c1-7(12)10-9-5-3-2-4-8(9)6-11-10/h3,5,10-11H,2,4,6H2,1H3. The minimum absolute atomic E-state index is 0.0171. The fourth-order valence-electron chi connectivity index (χ4n) is 1.92. The molecule has 64 valence electrons. The van der Waals surface area contributed by atoms with Gasteiger partial charge in [0.15, 0.2) is 5.78 Å². The molecule has 1 unspecified atom stereocenters. The van der Waals surface area contributed by atoms with Gasteiger partial charge in [0.2, 0.25) is 0 Å². The predicted molar refractivity (Wildman–Crippen MR) is 47.9 cm³/mol. The van der Waals surface area contributed by atoms with Crippen LogP contribution in [-0.2, 0) is 4.79 Å². The minimum atomic E-state index is -0.0171. The molecule has 0 radical (unpaired) electrons. The Hall–Kier alpha value is -0.890. The fraction of sp³-hybridized carbons (Fsp3) is 0.500. The fourth-order valence-corrected chi connectivity index (χ4v) is 1.92. The van der Waals surface area contributed by atoms with E-state index in [2.05, 4.69) is 17.5 Å². The number of hydrogen-bond donors (Lipinski definition) is 1. The maximum absolute atomic E-state index is 11.2. The maximum atomic E-state index is 11.2. The van der Waals surface area contributed by atoms with Crippen LogP contribution in [0.5, 0.6) is 0 Å². The van der Waals surface area contributed by atoms with Gasteiger partial charge in [-0.05, 0) is 25.3 Å². The molecule has 0 saturated carbocycles. The molecule has 0 amide bonds. The van der Waals surface area contributed by atoms with E-state index >= 15 is 0 Å². The molecule has 2 nitrogen and oxygen atoms in total. The topological polar surface area (TPSA) is 29.1 Å². The molecular weight excluding hydrogens is 150 g/mol. The molecule has 0 aromatic rings. The van der Waals surface area contributed by atoms with Crippen molar-refractivity contribution in [1.29, 1.82) is 0 Å². The lowest BCUT2D eigenvalue weighted by Gasteiger charge is -2.11. The van der Waals surface area contributed by atoms with Gasteiger partial charge < -0.3 is 5.32 Å². The second kappa shape index (κ2) is 2.87. The number of hydrogen-bond acceptors (Lipinski definition) is 2. The first-order valence-electron chi connectivity index (χ1n) is 4.41. The van der Waals surface area contributed by atoms with Crippen molar-refractivity contribution in [2.75, 3.05) is 6.54 Å². The molecule has 0 aromatic carbocycles. The van der Waals surface area contributed by atoms with E-state index in [1.807, 2.05) is 0 Å². The molecule has 1 aliphatic carbocycles. The van der Waals surface area contributed by atoms with Gasteiger partial charge in [-0.1, -0.05) is 17.7 Å². The van der Waals surface area contributed by atoms with Gasteiger partial charge in [-0.25, -0.2) is 0 Å². The van der Waals surface area contributed by atoms with E-state index in [9.17, 15) is 4.79 Å². The number of ketones is 1. The predicted octanol–water partition coefficient (Wildman–Crippen LogP) is 1.19. The summed E-state index contributed by atoms with van der Waals surface area (Å²) < 4.78 is 0. The molecule has 1 atom stereocenters. The lowest BCUT2D eigenvalue weighted by atomic mass is 9.95. The molecule has 12 heavy (non-hydrogen) atoms. The Bertz CT molecular complexity index is 276. The molecule has 1 N–H and O–H groups in total. The third-order valence-corrected chi connectivity index (χ3v) is 2.56. The summed E-state index contributed by atoms with van der Waals surface area (Å²) in [5.41, 5.74) is 2.66. The highest BCUT2D eigenvalue weighted by Gasteiger charge is 2.26. The van der Waals surface area contributed by atoms with Gasteiger partial charge in [0.25, 0.3) is 0 Å². The monoisotopic (exact) mass is 163 g/mol. The van der Waals surface area contributed by atoms with Gasteiger partial charge in [-0.3, -0.25) is 4.79 Å². The zero-order valence-corrected chi connectivity index (χ0v) is 7.26. The van der Waals surface area contributed by atoms with Crippen LogP contribution in [0.15, 0.2) is 23.3 Å². The SMILES string of the molecule is CC(=O)C1NCC2=C1C=CCC2. The molecule has 1 aliphatic heterocycles. The lowest BCUT2D eigenvalue weighted by molar-refractivity contribution is -0.117. The molecule has 0 bridgehead atoms. The first-order chi connectivity index (χ1) is 5.79. The van der Waals surface area contributed by atoms with Crippen molar-refractivity contribution in [2.24, 2.45) is 0 Å². The Morgan fingerprint density at radius 3 is 3.25 bits per heavy atom. The van der Waals surface area contributed by atoms with Crippen molar-refractivity contribution in [3.8, 4) is 0 Å². The van der Waals surface area contributed by atoms with Crippen molar-refractivity contribution < 1.29 is 4.79 Å². The van der Waals surface area contributed by atoms with Gasteiger partial charge in [-0.15, -0.1) is 0 Å². The average Bonchev–Trinajstić information content (AvgIpc) is 2.47. The molecule has 1 heterocycles. The minimum Gasteiger partial charge on any atom is -0.300 e. The van der Waals surface area contributed by atoms with E-state index in [1.165, 1.54) is 11.1 Å². The van der Waals surface area contributed by atoms with E-state index in [-0.39, 0.29) is 11.8 Å². The number of carbonyl (C=O) groups excluding carboxylic acids is 1. The smallest absolute Gasteiger partial charge is 0.151 e. The number of rotatable bonds is 1. The van der Waals surface area contributed by atoms with Crippen LogP contribution in [-0.4, -0.2) is 18.4 Å². The van der Waals surface area contributed by atoms with E-state index in [0.717, 1.165) is 19.4 Å². The molecule has 0 spiro atoms. The summed E-state index contributed by atoms with van der Waals surface area (Å²) in [5.74, 6) is 0.228. The molecule has 2 aliphatic rings. The normalized spacial score (nSPS) is 27.6. The van der Waals surface area contributed by atoms with Crippen LogP contribution in [0.3, 0.4) is 0 Å². The summed E-state index contributed by atoms with van der Waals surface area (Å²) in [6.45, 7) is 2.56. The highest BCUT2D eigenvalue weighted by Crippen LogP contribution is 2.25. The Morgan fingerprint density at radius 2 is 2.50 bits per heavy atom. The van der Waals surface area contributed by atoms with Crippen LogP contribution in [0.4, 0.5) is 0 Å². The lowest BCUT2D eigenvalue weighted by Crippen LogP contribution is -2.31. The third kappa shape index (κ3) is 1.12. The van der Waals surface area contributed by atoms with E-state index < -0.39 is 0 Å². The van der Waals surface area contributed by atoms with E-state index in [0.29, 0.717) is 0 Å². The summed E-state index contributed by atoms with van der Waals surface area (Å²) in [6, 6.07) is -0.0171. The summed E-state index contributed by atoms with van der Waals surface area (Å²) in [7, 11) is 0. The van der Waals surface area contributed by atoms with Gasteiger partial charge in [0, 0.05) is 6.54 Å². The Morgan fingerprint density at radius 1 is 1.67 bits per heavy atom. The van der Waals surface area contributed by atoms with Gasteiger partial charge >= 0.3 is 0 Å². The van der Waals surface area contributed by atoms with E-state index in [4.69, 9.17) is 0 Å². The highest BCUT2D eigenvalue weighted by atomic mass is 16.1. The summed E-state index contributed by atoms with van der Waals surface area (Å²) in [4.78, 5) is 11.2. The van der Waals surface area contributed by atoms with Crippen LogP contribution in [0.1, 0.15) is 19.8 Å². The third-order valence-electron chi connectivity index (χ3n) is 2.56. The van der Waals surface area contributed by atoms with Crippen LogP contribution in [0.2, 0.25) is 0 Å². The molecular formula is C10H13NO. The van der Waals surface area contributed by atoms with Crippen LogP contribution in [0.25, 0.3) is 0 Å². The summed E-state index contributed by atoms with van der Waals surface area (Å²) in [5, 5.41) is 3.22. The molecule has 0 aromatic heterocycles. The summed E-state index contributed by atoms with van der Waals surface area (Å²) in [6.07, 6.45) is 6.51. The first-order valence-corrected chi connectivity index (χ1v) is 4.41. The molecule has 2 rings (SSSR count). The summed E-state index contributed by atoms with van der Waals surface area (Å²) >= 11 is 0. The van der Waals surface area contributed by atoms with Crippen molar-refractivity contribution in [2.45, 2.75) is 25.8 Å². The zero-order chi connectivity index (χ0) is 8.55. The molecule has 0 fully saturated rings. The van der Waals surface area contributed by atoms with Gasteiger partial charge in [0.1, 0.15) is 0 Å². The Labute approximate surface area is 72.3 Å². The molecule has 2 heteroatoms. The van der Waals surface area contributed by atoms with Crippen LogP contribution >= 0.6 is 0 Å². The number of Topliss-reactive ketones (excluding diaryl/α,β-unsaturated/α-hetero) is 1. The number of carbonyl (C=O) groups is 1. The second-order valence-electron chi connectivity index (χ2n) is 3.42. The second-order valence-corrected chi connectivity index (χ2v) is 3.42. The van der Waals surface area contributed by atoms with Crippen LogP contribution in [0, 0.1) is 0 Å². The van der Waals surface area contributed by atoms with E-state index in [1.54, 1.807) is 6.92 Å². The first kappa shape index (κ1) is 7.74. The maximum Gasteiger partial charge on any atom is 0.151 e.